The molecule has 31 heavy (non-hydrogen) atoms. The highest BCUT2D eigenvalue weighted by atomic mass is 32.1. The minimum absolute atomic E-state index is 0.218. The molecule has 0 aliphatic carbocycles. The van der Waals surface area contributed by atoms with Crippen LogP contribution in [0.5, 0.6) is 0 Å². The average Bonchev–Trinajstić information content (AvgIpc) is 3.29. The number of nitriles is 1. The molecule has 0 bridgehead atoms. The summed E-state index contributed by atoms with van der Waals surface area (Å²) in [5.41, 5.74) is 0.314. The first-order valence-electron chi connectivity index (χ1n) is 9.39. The fourth-order valence-corrected chi connectivity index (χ4v) is 4.09. The Morgan fingerprint density at radius 1 is 1.13 bits per heavy atom. The van der Waals surface area contributed by atoms with E-state index in [0.717, 1.165) is 23.5 Å². The lowest BCUT2D eigenvalue weighted by Gasteiger charge is -2.35. The first-order valence-corrected chi connectivity index (χ1v) is 10.3. The second-order valence-corrected chi connectivity index (χ2v) is 7.77. The maximum atomic E-state index is 13.0. The predicted octanol–water partition coefficient (Wildman–Crippen LogP) is 4.06. The third-order valence-electron chi connectivity index (χ3n) is 4.93. The van der Waals surface area contributed by atoms with E-state index in [-0.39, 0.29) is 11.6 Å². The van der Waals surface area contributed by atoms with Crippen LogP contribution in [-0.2, 0) is 6.18 Å². The van der Waals surface area contributed by atoms with E-state index < -0.39 is 11.7 Å². The number of benzene rings is 1. The molecule has 6 nitrogen and oxygen atoms in total. The number of pyridine rings is 1. The van der Waals surface area contributed by atoms with Gasteiger partial charge in [-0.15, -0.1) is 11.3 Å². The Morgan fingerprint density at radius 2 is 1.90 bits per heavy atom. The molecular formula is C21H16F3N5OS. The molecule has 1 saturated heterocycles. The van der Waals surface area contributed by atoms with Gasteiger partial charge in [0, 0.05) is 43.3 Å². The summed E-state index contributed by atoms with van der Waals surface area (Å²) >= 11 is 1.14. The monoisotopic (exact) mass is 443 g/mol. The Labute approximate surface area is 180 Å². The van der Waals surface area contributed by atoms with Gasteiger partial charge in [0.05, 0.1) is 17.2 Å². The van der Waals surface area contributed by atoms with Crippen LogP contribution < -0.4 is 4.90 Å². The smallest absolute Gasteiger partial charge is 0.353 e. The van der Waals surface area contributed by atoms with Gasteiger partial charge in [-0.2, -0.15) is 18.4 Å². The van der Waals surface area contributed by atoms with Gasteiger partial charge >= 0.3 is 6.18 Å². The summed E-state index contributed by atoms with van der Waals surface area (Å²) in [6, 6.07) is 10.3. The molecule has 1 fully saturated rings. The highest BCUT2D eigenvalue weighted by Gasteiger charge is 2.31. The van der Waals surface area contributed by atoms with Gasteiger partial charge in [0.15, 0.2) is 0 Å². The number of rotatable bonds is 3. The Morgan fingerprint density at radius 3 is 2.61 bits per heavy atom. The highest BCUT2D eigenvalue weighted by molar-refractivity contribution is 7.13. The van der Waals surface area contributed by atoms with Crippen molar-refractivity contribution in [3.05, 3.63) is 64.8 Å². The number of amides is 1. The molecule has 1 aliphatic heterocycles. The van der Waals surface area contributed by atoms with E-state index >= 15 is 0 Å². The van der Waals surface area contributed by atoms with E-state index in [1.54, 1.807) is 34.7 Å². The highest BCUT2D eigenvalue weighted by Crippen LogP contribution is 2.33. The summed E-state index contributed by atoms with van der Waals surface area (Å²) in [5.74, 6) is 0.430. The van der Waals surface area contributed by atoms with Crippen LogP contribution in [0.2, 0.25) is 0 Å². The molecule has 4 rings (SSSR count). The molecule has 3 aromatic rings. The summed E-state index contributed by atoms with van der Waals surface area (Å²) in [7, 11) is 0. The Kier molecular flexibility index (Phi) is 5.61. The third-order valence-corrected chi connectivity index (χ3v) is 5.82. The molecular weight excluding hydrogens is 427 g/mol. The van der Waals surface area contributed by atoms with E-state index in [0.29, 0.717) is 48.1 Å². The number of anilines is 1. The molecule has 0 N–H and O–H groups in total. The van der Waals surface area contributed by atoms with Crippen molar-refractivity contribution < 1.29 is 18.0 Å². The fourth-order valence-electron chi connectivity index (χ4n) is 3.29. The van der Waals surface area contributed by atoms with Crippen molar-refractivity contribution >= 4 is 23.1 Å². The number of alkyl halides is 3. The van der Waals surface area contributed by atoms with Gasteiger partial charge in [0.25, 0.3) is 5.91 Å². The Balaban J connectivity index is 1.44. The van der Waals surface area contributed by atoms with Crippen molar-refractivity contribution in [2.75, 3.05) is 31.1 Å². The van der Waals surface area contributed by atoms with Crippen LogP contribution in [0.15, 0.2) is 48.0 Å². The molecule has 0 spiro atoms. The molecule has 1 amide bonds. The van der Waals surface area contributed by atoms with Crippen LogP contribution in [0.25, 0.3) is 10.6 Å². The summed E-state index contributed by atoms with van der Waals surface area (Å²) in [5, 5.41) is 11.0. The van der Waals surface area contributed by atoms with Crippen molar-refractivity contribution in [3.63, 3.8) is 0 Å². The number of carbonyl (C=O) groups excluding carboxylic acids is 1. The average molecular weight is 443 g/mol. The summed E-state index contributed by atoms with van der Waals surface area (Å²) < 4.78 is 38.9. The first-order chi connectivity index (χ1) is 14.8. The zero-order valence-electron chi connectivity index (χ0n) is 16.1. The SMILES string of the molecule is N#Cc1ccnc(N2CCN(C(=O)c3csc(-c4cccc(C(F)(F)F)c4)n3)CC2)c1. The number of aromatic nitrogens is 2. The standard InChI is InChI=1S/C21H16F3N5OS/c22-21(23,24)16-3-1-2-15(11-16)19-27-17(13-31-19)20(30)29-8-6-28(7-9-29)18-10-14(12-25)4-5-26-18/h1-5,10-11,13H,6-9H2. The van der Waals surface area contributed by atoms with Gasteiger partial charge in [0.1, 0.15) is 16.5 Å². The second kappa shape index (κ2) is 8.35. The fraction of sp³-hybridized carbons (Fsp3) is 0.238. The van der Waals surface area contributed by atoms with Crippen LogP contribution in [-0.4, -0.2) is 47.0 Å². The van der Waals surface area contributed by atoms with Crippen LogP contribution >= 0.6 is 11.3 Å². The predicted molar refractivity (Wildman–Crippen MR) is 110 cm³/mol. The molecule has 10 heteroatoms. The normalized spacial score (nSPS) is 14.4. The van der Waals surface area contributed by atoms with Crippen molar-refractivity contribution in [1.29, 1.82) is 5.26 Å². The molecule has 3 heterocycles. The van der Waals surface area contributed by atoms with Gasteiger partial charge in [-0.25, -0.2) is 9.97 Å². The molecule has 158 valence electrons. The van der Waals surface area contributed by atoms with Crippen molar-refractivity contribution in [1.82, 2.24) is 14.9 Å². The number of hydrogen-bond donors (Lipinski definition) is 0. The first kappa shape index (κ1) is 20.8. The summed E-state index contributed by atoms with van der Waals surface area (Å²) in [6.45, 7) is 2.01. The lowest BCUT2D eigenvalue weighted by atomic mass is 10.1. The zero-order valence-corrected chi connectivity index (χ0v) is 17.0. The summed E-state index contributed by atoms with van der Waals surface area (Å²) in [4.78, 5) is 25.0. The lowest BCUT2D eigenvalue weighted by Crippen LogP contribution is -2.49. The number of piperazine rings is 1. The quantitative estimate of drug-likeness (QED) is 0.611. The van der Waals surface area contributed by atoms with Gasteiger partial charge in [-0.3, -0.25) is 4.79 Å². The number of carbonyl (C=O) groups is 1. The van der Waals surface area contributed by atoms with Gasteiger partial charge in [0.2, 0.25) is 0 Å². The Hall–Kier alpha value is -3.45. The minimum atomic E-state index is -4.44. The van der Waals surface area contributed by atoms with Gasteiger partial charge < -0.3 is 9.80 Å². The lowest BCUT2D eigenvalue weighted by molar-refractivity contribution is -0.137. The molecule has 0 saturated carbocycles. The minimum Gasteiger partial charge on any atom is -0.353 e. The van der Waals surface area contributed by atoms with Gasteiger partial charge in [-0.1, -0.05) is 12.1 Å². The van der Waals surface area contributed by atoms with E-state index in [4.69, 9.17) is 5.26 Å². The number of thiazole rings is 1. The number of hydrogen-bond acceptors (Lipinski definition) is 6. The molecule has 0 atom stereocenters. The second-order valence-electron chi connectivity index (χ2n) is 6.91. The van der Waals surface area contributed by atoms with E-state index in [9.17, 15) is 18.0 Å². The Bertz CT molecular complexity index is 1150. The number of nitrogens with zero attached hydrogens (tertiary/aromatic N) is 5. The topological polar surface area (TPSA) is 73.1 Å². The molecule has 1 aliphatic rings. The van der Waals surface area contributed by atoms with Crippen LogP contribution in [0, 0.1) is 11.3 Å². The van der Waals surface area contributed by atoms with Crippen LogP contribution in [0.3, 0.4) is 0 Å². The maximum absolute atomic E-state index is 13.0. The third kappa shape index (κ3) is 4.51. The van der Waals surface area contributed by atoms with E-state index in [1.807, 2.05) is 4.90 Å². The van der Waals surface area contributed by atoms with Crippen LogP contribution in [0.4, 0.5) is 19.0 Å². The summed E-state index contributed by atoms with van der Waals surface area (Å²) in [6.07, 6.45) is -2.86. The largest absolute Gasteiger partial charge is 0.416 e. The molecule has 0 radical (unpaired) electrons. The van der Waals surface area contributed by atoms with Crippen molar-refractivity contribution in [3.8, 4) is 16.6 Å². The zero-order chi connectivity index (χ0) is 22.0. The van der Waals surface area contributed by atoms with Crippen molar-refractivity contribution in [2.45, 2.75) is 6.18 Å². The van der Waals surface area contributed by atoms with Crippen molar-refractivity contribution in [2.24, 2.45) is 0 Å². The van der Waals surface area contributed by atoms with E-state index in [1.165, 1.54) is 6.07 Å². The van der Waals surface area contributed by atoms with E-state index in [2.05, 4.69) is 16.0 Å². The van der Waals surface area contributed by atoms with Gasteiger partial charge in [-0.05, 0) is 24.3 Å². The molecule has 1 aromatic carbocycles. The maximum Gasteiger partial charge on any atom is 0.416 e. The molecule has 2 aromatic heterocycles. The number of halogens is 3. The van der Waals surface area contributed by atoms with Crippen LogP contribution in [0.1, 0.15) is 21.6 Å². The molecule has 0 unspecified atom stereocenters.